The highest BCUT2D eigenvalue weighted by molar-refractivity contribution is 7.89. The normalized spacial score (nSPS) is 11.9. The standard InChI is InChI=1S/C10H17N7O2S/c1-7-10(8(5-11-2)16-15-7)20(18,19)14-4-3-9-12-6-13-17-9/h6,11,14H,3-5H2,1-2H3,(H,15,16)(H,12,13,17). The zero-order chi connectivity index (χ0) is 14.6. The number of hydrogen-bond donors (Lipinski definition) is 4. The van der Waals surface area contributed by atoms with E-state index >= 15 is 0 Å². The Morgan fingerprint density at radius 1 is 1.35 bits per heavy atom. The van der Waals surface area contributed by atoms with E-state index in [2.05, 4.69) is 35.4 Å². The van der Waals surface area contributed by atoms with Crippen LogP contribution in [-0.2, 0) is 23.0 Å². The lowest BCUT2D eigenvalue weighted by Crippen LogP contribution is -2.28. The largest absolute Gasteiger partial charge is 0.314 e. The smallest absolute Gasteiger partial charge is 0.244 e. The van der Waals surface area contributed by atoms with Gasteiger partial charge in [0.05, 0.1) is 11.4 Å². The molecule has 0 radical (unpaired) electrons. The van der Waals surface area contributed by atoms with Crippen LogP contribution in [0.3, 0.4) is 0 Å². The highest BCUT2D eigenvalue weighted by Gasteiger charge is 2.23. The molecule has 110 valence electrons. The van der Waals surface area contributed by atoms with Crippen molar-refractivity contribution >= 4 is 10.0 Å². The van der Waals surface area contributed by atoms with Crippen LogP contribution in [0.25, 0.3) is 0 Å². The molecule has 2 aromatic heterocycles. The number of nitrogens with one attached hydrogen (secondary N) is 4. The molecule has 10 heteroatoms. The predicted octanol–water partition coefficient (Wildman–Crippen LogP) is -0.923. The minimum Gasteiger partial charge on any atom is -0.314 e. The van der Waals surface area contributed by atoms with Gasteiger partial charge in [-0.05, 0) is 14.0 Å². The van der Waals surface area contributed by atoms with Gasteiger partial charge in [-0.2, -0.15) is 10.2 Å². The Morgan fingerprint density at radius 2 is 2.15 bits per heavy atom. The number of aromatic nitrogens is 5. The molecule has 0 atom stereocenters. The molecular formula is C10H17N7O2S. The van der Waals surface area contributed by atoms with Gasteiger partial charge < -0.3 is 5.32 Å². The third-order valence-electron chi connectivity index (χ3n) is 2.69. The predicted molar refractivity (Wildman–Crippen MR) is 71.4 cm³/mol. The number of hydrogen-bond acceptors (Lipinski definition) is 6. The summed E-state index contributed by atoms with van der Waals surface area (Å²) in [6.45, 7) is 2.29. The number of aromatic amines is 2. The van der Waals surface area contributed by atoms with Crippen LogP contribution in [-0.4, -0.2) is 47.4 Å². The van der Waals surface area contributed by atoms with Crippen LogP contribution in [0.1, 0.15) is 17.2 Å². The lowest BCUT2D eigenvalue weighted by atomic mass is 10.4. The number of aryl methyl sites for hydroxylation is 1. The monoisotopic (exact) mass is 299 g/mol. The first kappa shape index (κ1) is 14.6. The summed E-state index contributed by atoms with van der Waals surface area (Å²) in [6.07, 6.45) is 1.83. The van der Waals surface area contributed by atoms with Crippen molar-refractivity contribution < 1.29 is 8.42 Å². The van der Waals surface area contributed by atoms with Gasteiger partial charge in [0.2, 0.25) is 10.0 Å². The Hall–Kier alpha value is -1.78. The van der Waals surface area contributed by atoms with Crippen LogP contribution in [0.5, 0.6) is 0 Å². The van der Waals surface area contributed by atoms with Crippen molar-refractivity contribution in [1.29, 1.82) is 0 Å². The average molecular weight is 299 g/mol. The van der Waals surface area contributed by atoms with Crippen molar-refractivity contribution in [1.82, 2.24) is 35.4 Å². The van der Waals surface area contributed by atoms with Gasteiger partial charge in [0.15, 0.2) is 0 Å². The molecular weight excluding hydrogens is 282 g/mol. The van der Waals surface area contributed by atoms with Gasteiger partial charge in [0, 0.05) is 19.5 Å². The molecule has 0 saturated carbocycles. The summed E-state index contributed by atoms with van der Waals surface area (Å²) in [5.41, 5.74) is 0.986. The summed E-state index contributed by atoms with van der Waals surface area (Å²) in [5, 5.41) is 16.0. The Kier molecular flexibility index (Phi) is 4.47. The maximum atomic E-state index is 12.3. The van der Waals surface area contributed by atoms with Crippen molar-refractivity contribution in [2.24, 2.45) is 0 Å². The quantitative estimate of drug-likeness (QED) is 0.523. The SMILES string of the molecule is CNCc1n[nH]c(C)c1S(=O)(=O)NCCc1ncn[nH]1. The summed E-state index contributed by atoms with van der Waals surface area (Å²) in [6, 6.07) is 0. The van der Waals surface area contributed by atoms with E-state index in [4.69, 9.17) is 0 Å². The summed E-state index contributed by atoms with van der Waals surface area (Å²) in [5.74, 6) is 0.632. The van der Waals surface area contributed by atoms with E-state index in [1.54, 1.807) is 14.0 Å². The molecule has 0 aliphatic carbocycles. The second-order valence-corrected chi connectivity index (χ2v) is 5.94. The second-order valence-electron chi connectivity index (χ2n) is 4.23. The summed E-state index contributed by atoms with van der Waals surface area (Å²) < 4.78 is 27.1. The van der Waals surface area contributed by atoms with Crippen LogP contribution in [0, 0.1) is 6.92 Å². The molecule has 20 heavy (non-hydrogen) atoms. The first-order chi connectivity index (χ1) is 9.54. The van der Waals surface area contributed by atoms with Crippen molar-refractivity contribution in [3.63, 3.8) is 0 Å². The fourth-order valence-corrected chi connectivity index (χ4v) is 3.23. The molecule has 0 unspecified atom stereocenters. The molecule has 2 heterocycles. The molecule has 2 aromatic rings. The Morgan fingerprint density at radius 3 is 2.80 bits per heavy atom. The van der Waals surface area contributed by atoms with Crippen molar-refractivity contribution in [3.05, 3.63) is 23.5 Å². The van der Waals surface area contributed by atoms with Crippen molar-refractivity contribution in [3.8, 4) is 0 Å². The first-order valence-corrected chi connectivity index (χ1v) is 7.55. The summed E-state index contributed by atoms with van der Waals surface area (Å²) in [4.78, 5) is 4.13. The van der Waals surface area contributed by atoms with E-state index in [1.807, 2.05) is 0 Å². The van der Waals surface area contributed by atoms with Gasteiger partial charge in [-0.15, -0.1) is 0 Å². The van der Waals surface area contributed by atoms with Gasteiger partial charge in [-0.1, -0.05) is 0 Å². The molecule has 0 amide bonds. The minimum atomic E-state index is -3.60. The average Bonchev–Trinajstić information content (AvgIpc) is 3.00. The van der Waals surface area contributed by atoms with Gasteiger partial charge in [-0.3, -0.25) is 10.2 Å². The molecule has 0 aliphatic rings. The fraction of sp³-hybridized carbons (Fsp3) is 0.500. The summed E-state index contributed by atoms with van der Waals surface area (Å²) in [7, 11) is -1.87. The molecule has 0 fully saturated rings. The lowest BCUT2D eigenvalue weighted by Gasteiger charge is -2.07. The number of rotatable bonds is 7. The Bertz CT molecular complexity index is 647. The van der Waals surface area contributed by atoms with Crippen LogP contribution in [0.15, 0.2) is 11.2 Å². The van der Waals surface area contributed by atoms with E-state index in [0.717, 1.165) is 0 Å². The first-order valence-electron chi connectivity index (χ1n) is 6.07. The highest BCUT2D eigenvalue weighted by Crippen LogP contribution is 2.17. The maximum Gasteiger partial charge on any atom is 0.244 e. The van der Waals surface area contributed by atoms with Crippen molar-refractivity contribution in [2.45, 2.75) is 24.8 Å². The zero-order valence-electron chi connectivity index (χ0n) is 11.3. The van der Waals surface area contributed by atoms with Crippen LogP contribution < -0.4 is 10.0 Å². The Labute approximate surface area is 116 Å². The second kappa shape index (κ2) is 6.11. The maximum absolute atomic E-state index is 12.3. The topological polar surface area (TPSA) is 128 Å². The van der Waals surface area contributed by atoms with E-state index in [-0.39, 0.29) is 11.4 Å². The van der Waals surface area contributed by atoms with Crippen molar-refractivity contribution in [2.75, 3.05) is 13.6 Å². The minimum absolute atomic E-state index is 0.199. The lowest BCUT2D eigenvalue weighted by molar-refractivity contribution is 0.578. The number of nitrogens with zero attached hydrogens (tertiary/aromatic N) is 3. The molecule has 4 N–H and O–H groups in total. The molecule has 0 aromatic carbocycles. The van der Waals surface area contributed by atoms with Gasteiger partial charge in [0.1, 0.15) is 17.0 Å². The molecule has 0 bridgehead atoms. The summed E-state index contributed by atoms with van der Waals surface area (Å²) >= 11 is 0. The molecule has 2 rings (SSSR count). The van der Waals surface area contributed by atoms with Gasteiger partial charge in [0.25, 0.3) is 0 Å². The highest BCUT2D eigenvalue weighted by atomic mass is 32.2. The van der Waals surface area contributed by atoms with Crippen LogP contribution >= 0.6 is 0 Å². The number of sulfonamides is 1. The molecule has 0 spiro atoms. The zero-order valence-corrected chi connectivity index (χ0v) is 12.1. The third-order valence-corrected chi connectivity index (χ3v) is 4.36. The van der Waals surface area contributed by atoms with E-state index in [9.17, 15) is 8.42 Å². The van der Waals surface area contributed by atoms with E-state index in [0.29, 0.717) is 30.2 Å². The van der Waals surface area contributed by atoms with Crippen LogP contribution in [0.2, 0.25) is 0 Å². The van der Waals surface area contributed by atoms with Gasteiger partial charge >= 0.3 is 0 Å². The number of H-pyrrole nitrogens is 2. The molecule has 9 nitrogen and oxygen atoms in total. The van der Waals surface area contributed by atoms with E-state index in [1.165, 1.54) is 6.33 Å². The Balaban J connectivity index is 2.08. The van der Waals surface area contributed by atoms with E-state index < -0.39 is 10.0 Å². The van der Waals surface area contributed by atoms with Crippen LogP contribution in [0.4, 0.5) is 0 Å². The van der Waals surface area contributed by atoms with Gasteiger partial charge in [-0.25, -0.2) is 18.1 Å². The molecule has 0 aliphatic heterocycles. The third kappa shape index (κ3) is 3.21. The fourth-order valence-electron chi connectivity index (χ4n) is 1.84. The molecule has 0 saturated heterocycles.